The largest absolute Gasteiger partial charge is 0.489 e. The van der Waals surface area contributed by atoms with E-state index in [2.05, 4.69) is 10.4 Å². The van der Waals surface area contributed by atoms with Gasteiger partial charge in [0, 0.05) is 24.4 Å². The zero-order chi connectivity index (χ0) is 19.2. The highest BCUT2D eigenvalue weighted by Crippen LogP contribution is 2.19. The van der Waals surface area contributed by atoms with Gasteiger partial charge in [-0.25, -0.2) is 9.07 Å². The Hall–Kier alpha value is -3.48. The normalized spacial score (nSPS) is 10.4. The van der Waals surface area contributed by atoms with Crippen LogP contribution in [0.1, 0.15) is 23.0 Å². The van der Waals surface area contributed by atoms with Crippen LogP contribution in [0.3, 0.4) is 0 Å². The molecule has 1 heterocycles. The van der Waals surface area contributed by atoms with Crippen molar-refractivity contribution in [3.8, 4) is 5.75 Å². The van der Waals surface area contributed by atoms with E-state index in [1.54, 1.807) is 43.3 Å². The number of hydrogen-bond donors (Lipinski definition) is 1. The molecule has 0 saturated heterocycles. The van der Waals surface area contributed by atoms with Crippen molar-refractivity contribution in [2.24, 2.45) is 0 Å². The molecule has 1 amide bonds. The number of nitrogens with one attached hydrogen (secondary N) is 1. The summed E-state index contributed by atoms with van der Waals surface area (Å²) in [7, 11) is 0. The van der Waals surface area contributed by atoms with Crippen LogP contribution in [0.2, 0.25) is 0 Å². The first-order valence-electron chi connectivity index (χ1n) is 8.42. The molecule has 3 aromatic rings. The third-order valence-corrected chi connectivity index (χ3v) is 3.79. The minimum atomic E-state index is -0.431. The van der Waals surface area contributed by atoms with E-state index in [4.69, 9.17) is 4.74 Å². The molecule has 0 aliphatic heterocycles. The van der Waals surface area contributed by atoms with Gasteiger partial charge in [-0.2, -0.15) is 5.10 Å². The van der Waals surface area contributed by atoms with Crippen LogP contribution in [0.5, 0.6) is 5.75 Å². The molecule has 0 saturated carbocycles. The number of hydrogen-bond acceptors (Lipinski definition) is 4. The summed E-state index contributed by atoms with van der Waals surface area (Å²) >= 11 is 0. The highest BCUT2D eigenvalue weighted by Gasteiger charge is 2.10. The van der Waals surface area contributed by atoms with Crippen molar-refractivity contribution in [1.82, 2.24) is 9.78 Å². The van der Waals surface area contributed by atoms with Crippen molar-refractivity contribution in [2.45, 2.75) is 20.1 Å². The molecule has 0 aliphatic rings. The highest BCUT2D eigenvalue weighted by atomic mass is 19.1. The lowest BCUT2D eigenvalue weighted by atomic mass is 10.2. The minimum absolute atomic E-state index is 0.141. The number of nitrogens with zero attached hydrogens (tertiary/aromatic N) is 2. The molecule has 0 atom stereocenters. The number of anilines is 1. The van der Waals surface area contributed by atoms with Gasteiger partial charge in [-0.15, -0.1) is 0 Å². The predicted molar refractivity (Wildman–Crippen MR) is 99.3 cm³/mol. The average molecular weight is 367 g/mol. The SMILES string of the molecule is CCn1nc(C(=O)Nc2cccc(OCc3cccc(F)c3)c2)ccc1=O. The maximum atomic E-state index is 13.2. The number of aryl methyl sites for hydroxylation is 1. The van der Waals surface area contributed by atoms with Crippen molar-refractivity contribution < 1.29 is 13.9 Å². The lowest BCUT2D eigenvalue weighted by Gasteiger charge is -2.10. The molecule has 0 fully saturated rings. The molecular formula is C20H18FN3O3. The molecule has 27 heavy (non-hydrogen) atoms. The number of rotatable bonds is 6. The Labute approximate surface area is 155 Å². The lowest BCUT2D eigenvalue weighted by Crippen LogP contribution is -2.25. The maximum Gasteiger partial charge on any atom is 0.276 e. The van der Waals surface area contributed by atoms with Gasteiger partial charge in [-0.3, -0.25) is 9.59 Å². The van der Waals surface area contributed by atoms with Crippen LogP contribution in [0.15, 0.2) is 65.5 Å². The summed E-state index contributed by atoms with van der Waals surface area (Å²) in [6.07, 6.45) is 0. The first kappa shape index (κ1) is 18.3. The first-order chi connectivity index (χ1) is 13.0. The molecule has 0 spiro atoms. The van der Waals surface area contributed by atoms with Crippen molar-refractivity contribution in [3.63, 3.8) is 0 Å². The van der Waals surface area contributed by atoms with Gasteiger partial charge in [0.25, 0.3) is 11.5 Å². The van der Waals surface area contributed by atoms with Crippen LogP contribution in [0, 0.1) is 5.82 Å². The van der Waals surface area contributed by atoms with E-state index in [1.807, 2.05) is 0 Å². The van der Waals surface area contributed by atoms with Gasteiger partial charge in [0.05, 0.1) is 0 Å². The van der Waals surface area contributed by atoms with Crippen LogP contribution >= 0.6 is 0 Å². The number of carbonyl (C=O) groups is 1. The smallest absolute Gasteiger partial charge is 0.276 e. The molecule has 3 rings (SSSR count). The average Bonchev–Trinajstić information content (AvgIpc) is 2.67. The molecule has 7 heteroatoms. The van der Waals surface area contributed by atoms with E-state index in [1.165, 1.54) is 28.9 Å². The van der Waals surface area contributed by atoms with Crippen molar-refractivity contribution in [2.75, 3.05) is 5.32 Å². The van der Waals surface area contributed by atoms with Gasteiger partial charge >= 0.3 is 0 Å². The maximum absolute atomic E-state index is 13.2. The number of benzene rings is 2. The Balaban J connectivity index is 1.68. The molecule has 6 nitrogen and oxygen atoms in total. The van der Waals surface area contributed by atoms with Gasteiger partial charge in [0.2, 0.25) is 0 Å². The molecular weight excluding hydrogens is 349 g/mol. The van der Waals surface area contributed by atoms with Crippen LogP contribution in [0.4, 0.5) is 10.1 Å². The minimum Gasteiger partial charge on any atom is -0.489 e. The molecule has 1 aromatic heterocycles. The van der Waals surface area contributed by atoms with Crippen molar-refractivity contribution >= 4 is 11.6 Å². The standard InChI is InChI=1S/C20H18FN3O3/c1-2-24-19(25)10-9-18(23-24)20(26)22-16-7-4-8-17(12-16)27-13-14-5-3-6-15(21)11-14/h3-12H,2,13H2,1H3,(H,22,26). The van der Waals surface area contributed by atoms with E-state index in [-0.39, 0.29) is 23.7 Å². The van der Waals surface area contributed by atoms with Crippen molar-refractivity contribution in [3.05, 3.63) is 88.1 Å². The lowest BCUT2D eigenvalue weighted by molar-refractivity contribution is 0.102. The molecule has 138 valence electrons. The first-order valence-corrected chi connectivity index (χ1v) is 8.42. The Morgan fingerprint density at radius 3 is 2.74 bits per heavy atom. The Morgan fingerprint density at radius 1 is 1.15 bits per heavy atom. The second-order valence-corrected chi connectivity index (χ2v) is 5.77. The fourth-order valence-corrected chi connectivity index (χ4v) is 2.45. The van der Waals surface area contributed by atoms with Crippen LogP contribution in [-0.2, 0) is 13.2 Å². The summed E-state index contributed by atoms with van der Waals surface area (Å²) < 4.78 is 20.1. The zero-order valence-corrected chi connectivity index (χ0v) is 14.7. The van der Waals surface area contributed by atoms with Gasteiger partial charge in [0.1, 0.15) is 23.9 Å². The summed E-state index contributed by atoms with van der Waals surface area (Å²) in [5.74, 6) is -0.221. The van der Waals surface area contributed by atoms with E-state index in [0.717, 1.165) is 0 Å². The number of halogens is 1. The molecule has 0 bridgehead atoms. The summed E-state index contributed by atoms with van der Waals surface area (Å²) in [4.78, 5) is 23.9. The van der Waals surface area contributed by atoms with Gasteiger partial charge < -0.3 is 10.1 Å². The summed E-state index contributed by atoms with van der Waals surface area (Å²) in [5.41, 5.74) is 1.10. The number of ether oxygens (including phenoxy) is 1. The molecule has 1 N–H and O–H groups in total. The zero-order valence-electron chi connectivity index (χ0n) is 14.7. The monoisotopic (exact) mass is 367 g/mol. The summed E-state index contributed by atoms with van der Waals surface area (Å²) in [5, 5.41) is 6.74. The molecule has 0 radical (unpaired) electrons. The third kappa shape index (κ3) is 4.78. The molecule has 0 aliphatic carbocycles. The van der Waals surface area contributed by atoms with Gasteiger partial charge in [-0.05, 0) is 42.8 Å². The third-order valence-electron chi connectivity index (χ3n) is 3.79. The fraction of sp³-hybridized carbons (Fsp3) is 0.150. The Morgan fingerprint density at radius 2 is 1.96 bits per heavy atom. The molecule has 2 aromatic carbocycles. The summed E-state index contributed by atoms with van der Waals surface area (Å²) in [6.45, 7) is 2.36. The number of aromatic nitrogens is 2. The van der Waals surface area contributed by atoms with Crippen LogP contribution in [0.25, 0.3) is 0 Å². The second-order valence-electron chi connectivity index (χ2n) is 5.77. The predicted octanol–water partition coefficient (Wildman–Crippen LogP) is 3.23. The highest BCUT2D eigenvalue weighted by molar-refractivity contribution is 6.02. The topological polar surface area (TPSA) is 73.2 Å². The van der Waals surface area contributed by atoms with Gasteiger partial charge in [0.15, 0.2) is 0 Å². The number of carbonyl (C=O) groups excluding carboxylic acids is 1. The van der Waals surface area contributed by atoms with E-state index in [9.17, 15) is 14.0 Å². The van der Waals surface area contributed by atoms with Crippen LogP contribution in [-0.4, -0.2) is 15.7 Å². The number of amides is 1. The second kappa shape index (κ2) is 8.27. The Bertz CT molecular complexity index is 1020. The van der Waals surface area contributed by atoms with E-state index < -0.39 is 5.91 Å². The Kier molecular flexibility index (Phi) is 5.61. The fourth-order valence-electron chi connectivity index (χ4n) is 2.45. The van der Waals surface area contributed by atoms with Crippen LogP contribution < -0.4 is 15.6 Å². The summed E-state index contributed by atoms with van der Waals surface area (Å²) in [6, 6.07) is 15.7. The van der Waals surface area contributed by atoms with Gasteiger partial charge in [-0.1, -0.05) is 18.2 Å². The van der Waals surface area contributed by atoms with Crippen molar-refractivity contribution in [1.29, 1.82) is 0 Å². The van der Waals surface area contributed by atoms with E-state index in [0.29, 0.717) is 23.5 Å². The molecule has 0 unspecified atom stereocenters. The quantitative estimate of drug-likeness (QED) is 0.726. The van der Waals surface area contributed by atoms with E-state index >= 15 is 0 Å².